The van der Waals surface area contributed by atoms with E-state index in [-0.39, 0.29) is 18.1 Å². The van der Waals surface area contributed by atoms with E-state index < -0.39 is 5.60 Å². The topological polar surface area (TPSA) is 55.6 Å². The van der Waals surface area contributed by atoms with Crippen molar-refractivity contribution in [1.82, 2.24) is 4.90 Å². The number of likely N-dealkylation sites (N-methyl/N-ethyl adjacent to an activating group) is 1. The zero-order chi connectivity index (χ0) is 13.7. The second kappa shape index (κ2) is 6.36. The lowest BCUT2D eigenvalue weighted by atomic mass is 9.91. The molecule has 0 aromatic heterocycles. The first-order valence-corrected chi connectivity index (χ1v) is 6.34. The molecule has 0 bridgehead atoms. The number of hydrogen-bond acceptors (Lipinski definition) is 4. The Bertz CT molecular complexity index is 234. The highest BCUT2D eigenvalue weighted by atomic mass is 16.6. The average molecular weight is 244 g/mol. The van der Waals surface area contributed by atoms with Crippen LogP contribution in [0.2, 0.25) is 0 Å². The normalized spacial score (nSPS) is 12.9. The molecule has 4 heteroatoms. The van der Waals surface area contributed by atoms with Gasteiger partial charge < -0.3 is 10.5 Å². The smallest absolute Gasteiger partial charge is 0.320 e. The number of rotatable bonds is 6. The van der Waals surface area contributed by atoms with Crippen LogP contribution < -0.4 is 5.73 Å². The Morgan fingerprint density at radius 2 is 1.71 bits per heavy atom. The van der Waals surface area contributed by atoms with E-state index in [9.17, 15) is 4.79 Å². The van der Waals surface area contributed by atoms with Crippen molar-refractivity contribution in [3.05, 3.63) is 0 Å². The second-order valence-electron chi connectivity index (χ2n) is 5.58. The molecule has 0 unspecified atom stereocenters. The van der Waals surface area contributed by atoms with Gasteiger partial charge in [0.25, 0.3) is 0 Å². The van der Waals surface area contributed by atoms with Crippen molar-refractivity contribution in [3.8, 4) is 0 Å². The molecule has 0 aromatic rings. The van der Waals surface area contributed by atoms with Gasteiger partial charge in [-0.3, -0.25) is 9.69 Å². The molecule has 0 heterocycles. The maximum Gasteiger partial charge on any atom is 0.320 e. The molecule has 0 saturated carbocycles. The van der Waals surface area contributed by atoms with Gasteiger partial charge in [0.2, 0.25) is 0 Å². The fraction of sp³-hybridized carbons (Fsp3) is 0.923. The van der Waals surface area contributed by atoms with Crippen molar-refractivity contribution >= 4 is 5.97 Å². The van der Waals surface area contributed by atoms with Crippen molar-refractivity contribution < 1.29 is 9.53 Å². The van der Waals surface area contributed by atoms with Gasteiger partial charge in [-0.1, -0.05) is 13.8 Å². The summed E-state index contributed by atoms with van der Waals surface area (Å²) < 4.78 is 5.32. The van der Waals surface area contributed by atoms with Crippen LogP contribution in [0.25, 0.3) is 0 Å². The highest BCUT2D eigenvalue weighted by Crippen LogP contribution is 2.21. The summed E-state index contributed by atoms with van der Waals surface area (Å²) in [4.78, 5) is 13.8. The monoisotopic (exact) mass is 244 g/mol. The summed E-state index contributed by atoms with van der Waals surface area (Å²) in [5.74, 6) is -0.195. The molecule has 0 aromatic carbocycles. The van der Waals surface area contributed by atoms with Crippen LogP contribution >= 0.6 is 0 Å². The molecular formula is C13H28N2O2. The van der Waals surface area contributed by atoms with E-state index in [4.69, 9.17) is 10.5 Å². The Labute approximate surface area is 105 Å². The molecule has 4 nitrogen and oxygen atoms in total. The maximum absolute atomic E-state index is 11.8. The number of nitrogens with two attached hydrogens (primary N) is 1. The average Bonchev–Trinajstić information content (AvgIpc) is 2.18. The van der Waals surface area contributed by atoms with E-state index in [0.29, 0.717) is 6.54 Å². The zero-order valence-corrected chi connectivity index (χ0v) is 12.2. The first-order valence-electron chi connectivity index (χ1n) is 6.34. The minimum atomic E-state index is -0.429. The minimum Gasteiger partial charge on any atom is -0.459 e. The number of hydrogen-bond donors (Lipinski definition) is 1. The van der Waals surface area contributed by atoms with Gasteiger partial charge in [-0.05, 0) is 40.7 Å². The first-order chi connectivity index (χ1) is 7.70. The number of esters is 1. The van der Waals surface area contributed by atoms with Gasteiger partial charge in [0.15, 0.2) is 0 Å². The zero-order valence-electron chi connectivity index (χ0n) is 12.2. The van der Waals surface area contributed by atoms with Gasteiger partial charge >= 0.3 is 5.97 Å². The van der Waals surface area contributed by atoms with Crippen LogP contribution in [0.1, 0.15) is 47.5 Å². The van der Waals surface area contributed by atoms with Crippen LogP contribution in [-0.2, 0) is 9.53 Å². The second-order valence-corrected chi connectivity index (χ2v) is 5.58. The molecule has 0 rings (SSSR count). The Kier molecular flexibility index (Phi) is 6.13. The van der Waals surface area contributed by atoms with Crippen LogP contribution in [0.4, 0.5) is 0 Å². The Hall–Kier alpha value is -0.610. The van der Waals surface area contributed by atoms with E-state index in [2.05, 4.69) is 13.8 Å². The maximum atomic E-state index is 11.8. The number of nitrogens with zero attached hydrogens (tertiary/aromatic N) is 1. The standard InChI is InChI=1S/C13H28N2O2/c1-7-13(8-2,10-14)15(6)9-11(16)17-12(3,4)5/h7-10,14H2,1-6H3. The van der Waals surface area contributed by atoms with E-state index in [1.54, 1.807) is 0 Å². The molecule has 0 amide bonds. The lowest BCUT2D eigenvalue weighted by Crippen LogP contribution is -2.53. The quantitative estimate of drug-likeness (QED) is 0.724. The molecule has 0 fully saturated rings. The van der Waals surface area contributed by atoms with E-state index in [0.717, 1.165) is 12.8 Å². The van der Waals surface area contributed by atoms with Crippen LogP contribution in [0.3, 0.4) is 0 Å². The lowest BCUT2D eigenvalue weighted by molar-refractivity contribution is -0.157. The summed E-state index contributed by atoms with van der Waals surface area (Å²) in [5, 5.41) is 0. The van der Waals surface area contributed by atoms with Crippen molar-refractivity contribution in [2.45, 2.75) is 58.6 Å². The van der Waals surface area contributed by atoms with Crippen LogP contribution in [0.5, 0.6) is 0 Å². The molecule has 102 valence electrons. The Morgan fingerprint density at radius 1 is 1.24 bits per heavy atom. The third kappa shape index (κ3) is 5.04. The van der Waals surface area contributed by atoms with Crippen molar-refractivity contribution in [3.63, 3.8) is 0 Å². The third-order valence-electron chi connectivity index (χ3n) is 3.29. The van der Waals surface area contributed by atoms with E-state index in [1.165, 1.54) is 0 Å². The van der Waals surface area contributed by atoms with Gasteiger partial charge in [-0.2, -0.15) is 0 Å². The fourth-order valence-electron chi connectivity index (χ4n) is 1.97. The molecule has 2 N–H and O–H groups in total. The van der Waals surface area contributed by atoms with Crippen molar-refractivity contribution in [2.75, 3.05) is 20.1 Å². The molecule has 0 aliphatic heterocycles. The summed E-state index contributed by atoms with van der Waals surface area (Å²) in [6.07, 6.45) is 1.86. The number of carbonyl (C=O) groups excluding carboxylic acids is 1. The molecule has 17 heavy (non-hydrogen) atoms. The van der Waals surface area contributed by atoms with Crippen molar-refractivity contribution in [1.29, 1.82) is 0 Å². The third-order valence-corrected chi connectivity index (χ3v) is 3.29. The molecule has 0 spiro atoms. The number of carbonyl (C=O) groups is 1. The number of ether oxygens (including phenoxy) is 1. The van der Waals surface area contributed by atoms with Crippen LogP contribution in [-0.4, -0.2) is 42.1 Å². The molecule has 0 aliphatic carbocycles. The van der Waals surface area contributed by atoms with E-state index in [1.807, 2.05) is 32.7 Å². The SMILES string of the molecule is CCC(CC)(CN)N(C)CC(=O)OC(C)(C)C. The largest absolute Gasteiger partial charge is 0.459 e. The van der Waals surface area contributed by atoms with Gasteiger partial charge in [0.1, 0.15) is 5.60 Å². The molecule has 0 aliphatic rings. The van der Waals surface area contributed by atoms with Gasteiger partial charge in [-0.15, -0.1) is 0 Å². The van der Waals surface area contributed by atoms with Crippen molar-refractivity contribution in [2.24, 2.45) is 5.73 Å². The van der Waals surface area contributed by atoms with Gasteiger partial charge in [-0.25, -0.2) is 0 Å². The van der Waals surface area contributed by atoms with Crippen LogP contribution in [0, 0.1) is 0 Å². The summed E-state index contributed by atoms with van der Waals surface area (Å²) in [7, 11) is 1.93. The van der Waals surface area contributed by atoms with Crippen LogP contribution in [0.15, 0.2) is 0 Å². The van der Waals surface area contributed by atoms with E-state index >= 15 is 0 Å². The molecular weight excluding hydrogens is 216 g/mol. The summed E-state index contributed by atoms with van der Waals surface area (Å²) >= 11 is 0. The predicted octanol–water partition coefficient (Wildman–Crippen LogP) is 1.78. The first kappa shape index (κ1) is 16.4. The minimum absolute atomic E-state index is 0.100. The fourth-order valence-corrected chi connectivity index (χ4v) is 1.97. The Balaban J connectivity index is 4.51. The molecule has 0 atom stereocenters. The van der Waals surface area contributed by atoms with Gasteiger partial charge in [0.05, 0.1) is 6.54 Å². The predicted molar refractivity (Wildman–Crippen MR) is 70.8 cm³/mol. The lowest BCUT2D eigenvalue weighted by Gasteiger charge is -2.39. The highest BCUT2D eigenvalue weighted by molar-refractivity contribution is 5.72. The summed E-state index contributed by atoms with van der Waals surface area (Å²) in [5.41, 5.74) is 5.31. The molecule has 0 saturated heterocycles. The highest BCUT2D eigenvalue weighted by Gasteiger charge is 2.31. The summed E-state index contributed by atoms with van der Waals surface area (Å²) in [6.45, 7) is 10.7. The Morgan fingerprint density at radius 3 is 2.00 bits per heavy atom. The molecule has 0 radical (unpaired) electrons. The van der Waals surface area contributed by atoms with Gasteiger partial charge in [0, 0.05) is 12.1 Å². The summed E-state index contributed by atoms with van der Waals surface area (Å²) in [6, 6.07) is 0.